The fourth-order valence-electron chi connectivity index (χ4n) is 0. The molecule has 0 aliphatic rings. The van der Waals surface area contributed by atoms with Gasteiger partial charge in [0.1, 0.15) is 0 Å². The van der Waals surface area contributed by atoms with Crippen LogP contribution >= 0.6 is 20.3 Å². The average molecular weight is 373 g/mol. The van der Waals surface area contributed by atoms with E-state index in [2.05, 4.69) is 92.2 Å². The molecule has 0 aromatic rings. The van der Waals surface area contributed by atoms with Crippen molar-refractivity contribution in [3.8, 4) is 0 Å². The van der Waals surface area contributed by atoms with Crippen LogP contribution in [0.15, 0.2) is 0 Å². The molecule has 86 valence electrons. The molecule has 0 saturated heterocycles. The number of hydrogen-bond acceptors (Lipinski definition) is 0. The Morgan fingerprint density at radius 1 is 0.500 bits per heavy atom. The summed E-state index contributed by atoms with van der Waals surface area (Å²) in [5.41, 5.74) is 0. The molecule has 0 fully saturated rings. The molecule has 14 heavy (non-hydrogen) atoms. The molecule has 0 aliphatic heterocycles. The summed E-state index contributed by atoms with van der Waals surface area (Å²) >= 11 is 4.45. The van der Waals surface area contributed by atoms with Gasteiger partial charge in [0.05, 0.1) is 0 Å². The van der Waals surface area contributed by atoms with Crippen molar-refractivity contribution in [3.05, 3.63) is 0 Å². The molecule has 0 N–H and O–H groups in total. The summed E-state index contributed by atoms with van der Waals surface area (Å²) in [7, 11) is 0.361. The Kier molecular flexibility index (Phi) is 43.2. The summed E-state index contributed by atoms with van der Waals surface area (Å²) in [5.74, 6) is 0. The van der Waals surface area contributed by atoms with E-state index in [0.29, 0.717) is 0 Å². The van der Waals surface area contributed by atoms with Gasteiger partial charge in [0, 0.05) is 26.4 Å². The largest absolute Gasteiger partial charge is 0.548 e. The second-order valence-corrected chi connectivity index (χ2v) is 13.5. The predicted molar refractivity (Wildman–Crippen MR) is 89.8 cm³/mol. The summed E-state index contributed by atoms with van der Waals surface area (Å²) in [6.45, 7) is 20.4. The Morgan fingerprint density at radius 3 is 0.500 bits per heavy atom. The SMILES string of the molecule is C[Si](C)C.C[Si](C)C.C[Si](C)C.[Al-][I]. The number of hydrogen-bond donors (Lipinski definition) is 0. The van der Waals surface area contributed by atoms with Gasteiger partial charge in [0.2, 0.25) is 0 Å². The number of halogens is 1. The van der Waals surface area contributed by atoms with Crippen molar-refractivity contribution in [2.45, 2.75) is 58.9 Å². The van der Waals surface area contributed by atoms with Crippen molar-refractivity contribution >= 4 is 59.7 Å². The molecule has 5 heteroatoms. The Bertz CT molecular complexity index is 48.5. The molecule has 0 heterocycles. The van der Waals surface area contributed by atoms with Crippen LogP contribution in [0.2, 0.25) is 58.9 Å². The zero-order valence-electron chi connectivity index (χ0n) is 11.5. The van der Waals surface area contributed by atoms with Crippen molar-refractivity contribution in [3.63, 3.8) is 0 Å². The molecule has 0 saturated carbocycles. The lowest BCUT2D eigenvalue weighted by Crippen LogP contribution is -1.84. The van der Waals surface area contributed by atoms with Gasteiger partial charge >= 0.3 is 0 Å². The third-order valence-electron chi connectivity index (χ3n) is 0. The quantitative estimate of drug-likeness (QED) is 0.429. The third-order valence-corrected chi connectivity index (χ3v) is 0. The maximum Gasteiger partial charge on any atom is 0.0379 e. The van der Waals surface area contributed by atoms with Crippen molar-refractivity contribution in [1.82, 2.24) is 0 Å². The van der Waals surface area contributed by atoms with E-state index in [1.165, 1.54) is 0 Å². The molecular formula is C9H27AlISi3-. The van der Waals surface area contributed by atoms with Crippen LogP contribution in [0, 0.1) is 0 Å². The molecule has 0 aliphatic carbocycles. The monoisotopic (exact) mass is 373 g/mol. The van der Waals surface area contributed by atoms with Gasteiger partial charge in [-0.05, 0) is 0 Å². The molecule has 0 bridgehead atoms. The van der Waals surface area contributed by atoms with Gasteiger partial charge in [-0.25, -0.2) is 0 Å². The van der Waals surface area contributed by atoms with Crippen LogP contribution in [0.1, 0.15) is 0 Å². The highest BCUT2D eigenvalue weighted by Crippen LogP contribution is 1.68. The highest BCUT2D eigenvalue weighted by molar-refractivity contribution is 14.1. The molecule has 0 nitrogen and oxygen atoms in total. The second-order valence-electron chi connectivity index (χ2n) is 4.50. The number of rotatable bonds is 0. The van der Waals surface area contributed by atoms with Crippen LogP contribution in [0.5, 0.6) is 0 Å². The predicted octanol–water partition coefficient (Wildman–Crippen LogP) is 4.62. The van der Waals surface area contributed by atoms with E-state index < -0.39 is 0 Å². The first-order valence-corrected chi connectivity index (χ1v) is 17.9. The minimum absolute atomic E-state index is 0.120. The van der Waals surface area contributed by atoms with Gasteiger partial charge in [-0.1, -0.05) is 58.9 Å². The average Bonchev–Trinajstić information content (AvgIpc) is 1.86. The third kappa shape index (κ3) is 634. The molecule has 0 atom stereocenters. The van der Waals surface area contributed by atoms with Gasteiger partial charge < -0.3 is 33.3 Å². The van der Waals surface area contributed by atoms with Crippen molar-refractivity contribution < 1.29 is 0 Å². The Hall–Kier alpha value is 1.91. The zero-order valence-corrected chi connectivity index (χ0v) is 17.8. The molecule has 0 amide bonds. The lowest BCUT2D eigenvalue weighted by atomic mass is 11.8. The summed E-state index contributed by atoms with van der Waals surface area (Å²) in [6, 6.07) is 0. The fraction of sp³-hybridized carbons (Fsp3) is 1.00. The molecular weight excluding hydrogens is 346 g/mol. The normalized spacial score (nSPS) is 8.14. The minimum Gasteiger partial charge on any atom is -0.548 e. The molecule has 0 aromatic carbocycles. The molecule has 0 spiro atoms. The summed E-state index contributed by atoms with van der Waals surface area (Å²) in [6.07, 6.45) is 0. The molecule has 0 aromatic heterocycles. The van der Waals surface area contributed by atoms with Crippen LogP contribution in [0.25, 0.3) is 0 Å². The Labute approximate surface area is 118 Å². The van der Waals surface area contributed by atoms with Gasteiger partial charge in [0.25, 0.3) is 0 Å². The fourth-order valence-corrected chi connectivity index (χ4v) is 0. The highest BCUT2D eigenvalue weighted by atomic mass is 127. The first-order chi connectivity index (χ1) is 6.20. The summed E-state index contributed by atoms with van der Waals surface area (Å²) in [5, 5.41) is 0. The van der Waals surface area contributed by atoms with Crippen molar-refractivity contribution in [2.75, 3.05) is 0 Å². The Morgan fingerprint density at radius 2 is 0.500 bits per heavy atom. The molecule has 0 unspecified atom stereocenters. The van der Waals surface area contributed by atoms with Crippen molar-refractivity contribution in [2.24, 2.45) is 0 Å². The van der Waals surface area contributed by atoms with Crippen LogP contribution in [0.4, 0.5) is 0 Å². The van der Waals surface area contributed by atoms with Crippen LogP contribution in [-0.4, -0.2) is 39.4 Å². The lowest BCUT2D eigenvalue weighted by molar-refractivity contribution is 1.91. The molecule has 0 rings (SSSR count). The van der Waals surface area contributed by atoms with E-state index in [1.54, 1.807) is 0 Å². The van der Waals surface area contributed by atoms with Gasteiger partial charge in [0.15, 0.2) is 0 Å². The maximum atomic E-state index is 2.39. The standard InChI is InChI=1S/3C3H9Si.Al.HI/c3*1-4(2)3;;/h3*1-3H3;;1H/p-1. The lowest BCUT2D eigenvalue weighted by Gasteiger charge is -1.75. The van der Waals surface area contributed by atoms with Crippen LogP contribution in [-0.2, 0) is 0 Å². The van der Waals surface area contributed by atoms with E-state index in [4.69, 9.17) is 0 Å². The topological polar surface area (TPSA) is 0 Å². The van der Waals surface area contributed by atoms with E-state index in [9.17, 15) is 0 Å². The Balaban J connectivity index is -0.0000000492. The molecule has 6 radical (unpaired) electrons. The van der Waals surface area contributed by atoms with Crippen LogP contribution in [0.3, 0.4) is 0 Å². The smallest absolute Gasteiger partial charge is 0.0379 e. The van der Waals surface area contributed by atoms with E-state index >= 15 is 0 Å². The summed E-state index contributed by atoms with van der Waals surface area (Å²) < 4.78 is 0. The van der Waals surface area contributed by atoms with Crippen LogP contribution < -0.4 is 0 Å². The van der Waals surface area contributed by atoms with E-state index in [-0.39, 0.29) is 26.4 Å². The van der Waals surface area contributed by atoms with Gasteiger partial charge in [-0.15, -0.1) is 0 Å². The summed E-state index contributed by atoms with van der Waals surface area (Å²) in [4.78, 5) is 0. The highest BCUT2D eigenvalue weighted by Gasteiger charge is 1.72. The van der Waals surface area contributed by atoms with Gasteiger partial charge in [-0.3, -0.25) is 0 Å². The van der Waals surface area contributed by atoms with Gasteiger partial charge in [-0.2, -0.15) is 0 Å². The first-order valence-electron chi connectivity index (χ1n) is 4.72. The zero-order chi connectivity index (χ0) is 12.7. The van der Waals surface area contributed by atoms with Crippen molar-refractivity contribution in [1.29, 1.82) is 0 Å². The minimum atomic E-state index is 0.120. The maximum absolute atomic E-state index is 2.39. The first kappa shape index (κ1) is 24.9. The van der Waals surface area contributed by atoms with E-state index in [0.717, 1.165) is 0 Å². The second kappa shape index (κ2) is 24.2. The van der Waals surface area contributed by atoms with E-state index in [1.807, 2.05) is 0 Å².